The summed E-state index contributed by atoms with van der Waals surface area (Å²) in [6, 6.07) is 18.7. The molecule has 0 aromatic heterocycles. The van der Waals surface area contributed by atoms with Gasteiger partial charge in [-0.2, -0.15) is 10.5 Å². The predicted octanol–water partition coefficient (Wildman–Crippen LogP) is 4.12. The largest absolute Gasteiger partial charge is 0.444 e. The summed E-state index contributed by atoms with van der Waals surface area (Å²) in [4.78, 5) is 23.7. The Kier molecular flexibility index (Phi) is 10.4. The molecule has 0 bridgehead atoms. The number of carbonyl (C=O) groups excluding carboxylic acids is 2. The SMILES string of the molecule is N#CN=S1(=O)CCCN1C(=O)OCc1ccccc1.N#CN=S1CCCN1C(=O)OCc1ccccc1. The quantitative estimate of drug-likeness (QED) is 0.528. The van der Waals surface area contributed by atoms with Gasteiger partial charge in [0.05, 0.1) is 5.75 Å². The standard InChI is InChI=1S/C12H13N3O3S.C12H13N3O2S/c13-10-14-19(17)8-4-7-15(19)12(16)18-9-11-5-2-1-3-6-11;13-10-14-18-8-4-7-15(18)12(16)17-9-11-5-2-1-3-6-11/h1-3,5-6H,4,7-9H2;1-3,5-6H,4,7-9H2. The van der Waals surface area contributed by atoms with Gasteiger partial charge in [0.15, 0.2) is 9.92 Å². The third-order valence-electron chi connectivity index (χ3n) is 5.21. The molecule has 2 saturated heterocycles. The number of benzene rings is 2. The highest BCUT2D eigenvalue weighted by Gasteiger charge is 2.32. The highest BCUT2D eigenvalue weighted by Crippen LogP contribution is 2.18. The molecule has 11 nitrogen and oxygen atoms in total. The van der Waals surface area contributed by atoms with Gasteiger partial charge in [-0.1, -0.05) is 60.7 Å². The zero-order valence-corrected chi connectivity index (χ0v) is 21.6. The maximum Gasteiger partial charge on any atom is 0.422 e. The average Bonchev–Trinajstić information content (AvgIpc) is 3.54. The van der Waals surface area contributed by atoms with E-state index in [4.69, 9.17) is 20.0 Å². The zero-order chi connectivity index (χ0) is 26.5. The van der Waals surface area contributed by atoms with Crippen LogP contribution in [0.25, 0.3) is 0 Å². The molecule has 2 aliphatic rings. The Morgan fingerprint density at radius 1 is 0.892 bits per heavy atom. The minimum atomic E-state index is -2.93. The van der Waals surface area contributed by atoms with Gasteiger partial charge in [0.25, 0.3) is 0 Å². The lowest BCUT2D eigenvalue weighted by Crippen LogP contribution is -2.32. The zero-order valence-electron chi connectivity index (χ0n) is 20.0. The van der Waals surface area contributed by atoms with Crippen LogP contribution in [0.1, 0.15) is 24.0 Å². The molecular formula is C24H26N6O5S2. The first-order valence-electron chi connectivity index (χ1n) is 11.4. The molecule has 2 atom stereocenters. The molecule has 0 spiro atoms. The first-order chi connectivity index (χ1) is 18.0. The molecule has 2 aromatic rings. The van der Waals surface area contributed by atoms with Crippen LogP contribution in [0, 0.1) is 22.9 Å². The third-order valence-corrected chi connectivity index (χ3v) is 9.20. The van der Waals surface area contributed by atoms with Crippen LogP contribution >= 0.6 is 0 Å². The van der Waals surface area contributed by atoms with Gasteiger partial charge >= 0.3 is 12.2 Å². The van der Waals surface area contributed by atoms with Crippen molar-refractivity contribution in [3.8, 4) is 12.4 Å². The molecule has 0 aliphatic carbocycles. The van der Waals surface area contributed by atoms with Gasteiger partial charge in [-0.25, -0.2) is 22.4 Å². The molecule has 194 valence electrons. The van der Waals surface area contributed by atoms with Crippen molar-refractivity contribution in [3.05, 3.63) is 71.8 Å². The summed E-state index contributed by atoms with van der Waals surface area (Å²) in [7, 11) is -3.56. The normalized spacial score (nSPS) is 20.2. The van der Waals surface area contributed by atoms with Crippen LogP contribution in [-0.4, -0.2) is 49.6 Å². The van der Waals surface area contributed by atoms with Gasteiger partial charge in [-0.05, 0) is 24.0 Å². The second-order valence-corrected chi connectivity index (χ2v) is 11.7. The lowest BCUT2D eigenvalue weighted by Gasteiger charge is -2.17. The molecule has 2 aromatic carbocycles. The van der Waals surface area contributed by atoms with E-state index in [0.29, 0.717) is 19.5 Å². The van der Waals surface area contributed by atoms with Crippen molar-refractivity contribution >= 4 is 33.0 Å². The first kappa shape index (κ1) is 27.6. The molecule has 2 amide bonds. The van der Waals surface area contributed by atoms with Crippen LogP contribution in [-0.2, 0) is 43.5 Å². The summed E-state index contributed by atoms with van der Waals surface area (Å²) in [5, 5.41) is 17.1. The van der Waals surface area contributed by atoms with Gasteiger partial charge in [-0.3, -0.25) is 0 Å². The van der Waals surface area contributed by atoms with Gasteiger partial charge in [0.2, 0.25) is 12.4 Å². The number of hydrogen-bond acceptors (Lipinski definition) is 9. The van der Waals surface area contributed by atoms with Gasteiger partial charge < -0.3 is 9.47 Å². The summed E-state index contributed by atoms with van der Waals surface area (Å²) in [5.41, 5.74) is 1.79. The van der Waals surface area contributed by atoms with Crippen molar-refractivity contribution in [3.63, 3.8) is 0 Å². The van der Waals surface area contributed by atoms with E-state index < -0.39 is 33.0 Å². The molecule has 2 fully saturated rings. The Hall–Kier alpha value is -3.94. The van der Waals surface area contributed by atoms with Crippen LogP contribution in [0.15, 0.2) is 69.4 Å². The summed E-state index contributed by atoms with van der Waals surface area (Å²) >= 11 is 0. The number of amides is 2. The van der Waals surface area contributed by atoms with Crippen molar-refractivity contribution in [2.45, 2.75) is 26.1 Å². The number of nitrogens with zero attached hydrogens (tertiary/aromatic N) is 6. The summed E-state index contributed by atoms with van der Waals surface area (Å²) in [6.07, 6.45) is 3.62. The fourth-order valence-corrected chi connectivity index (χ4v) is 6.67. The van der Waals surface area contributed by atoms with E-state index in [0.717, 1.165) is 27.6 Å². The lowest BCUT2D eigenvalue weighted by atomic mass is 10.2. The highest BCUT2D eigenvalue weighted by molar-refractivity contribution is 7.92. The highest BCUT2D eigenvalue weighted by atomic mass is 32.2. The molecule has 0 N–H and O–H groups in total. The van der Waals surface area contributed by atoms with Crippen LogP contribution in [0.2, 0.25) is 0 Å². The summed E-state index contributed by atoms with van der Waals surface area (Å²) in [6.45, 7) is 1.28. The number of rotatable bonds is 4. The van der Waals surface area contributed by atoms with E-state index in [1.807, 2.05) is 60.7 Å². The molecule has 37 heavy (non-hydrogen) atoms. The summed E-state index contributed by atoms with van der Waals surface area (Å²) in [5.74, 6) is 0.981. The van der Waals surface area contributed by atoms with E-state index in [9.17, 15) is 13.8 Å². The van der Waals surface area contributed by atoms with Crippen molar-refractivity contribution in [2.75, 3.05) is 24.6 Å². The Morgan fingerprint density at radius 2 is 1.49 bits per heavy atom. The van der Waals surface area contributed by atoms with Crippen molar-refractivity contribution in [1.29, 1.82) is 10.5 Å². The van der Waals surface area contributed by atoms with E-state index in [2.05, 4.69) is 8.73 Å². The number of ether oxygens (including phenoxy) is 2. The minimum Gasteiger partial charge on any atom is -0.444 e. The number of carbonyl (C=O) groups is 2. The van der Waals surface area contributed by atoms with Crippen molar-refractivity contribution < 1.29 is 23.3 Å². The summed E-state index contributed by atoms with van der Waals surface area (Å²) < 4.78 is 32.2. The van der Waals surface area contributed by atoms with Crippen LogP contribution in [0.5, 0.6) is 0 Å². The second-order valence-electron chi connectivity index (χ2n) is 7.73. The van der Waals surface area contributed by atoms with E-state index >= 15 is 0 Å². The van der Waals surface area contributed by atoms with Gasteiger partial charge in [0.1, 0.15) is 13.2 Å². The minimum absolute atomic E-state index is 0.109. The molecule has 0 radical (unpaired) electrons. The Bertz CT molecular complexity index is 1310. The van der Waals surface area contributed by atoms with Crippen molar-refractivity contribution in [1.82, 2.24) is 8.61 Å². The third kappa shape index (κ3) is 8.03. The predicted molar refractivity (Wildman–Crippen MR) is 137 cm³/mol. The van der Waals surface area contributed by atoms with E-state index in [-0.39, 0.29) is 19.0 Å². The fraction of sp³-hybridized carbons (Fsp3) is 0.333. The Labute approximate surface area is 218 Å². The molecule has 2 heterocycles. The molecule has 13 heteroatoms. The van der Waals surface area contributed by atoms with Crippen LogP contribution < -0.4 is 0 Å². The molecular weight excluding hydrogens is 516 g/mol. The molecule has 2 unspecified atom stereocenters. The smallest absolute Gasteiger partial charge is 0.422 e. The van der Waals surface area contributed by atoms with Crippen molar-refractivity contribution in [2.24, 2.45) is 8.73 Å². The van der Waals surface area contributed by atoms with E-state index in [1.165, 1.54) is 10.5 Å². The van der Waals surface area contributed by atoms with Gasteiger partial charge in [0, 0.05) is 29.7 Å². The topological polar surface area (TPSA) is 148 Å². The lowest BCUT2D eigenvalue weighted by molar-refractivity contribution is 0.121. The second kappa shape index (κ2) is 14.0. The van der Waals surface area contributed by atoms with Gasteiger partial charge in [-0.15, -0.1) is 8.73 Å². The van der Waals surface area contributed by atoms with E-state index in [1.54, 1.807) is 6.19 Å². The number of hydrogen-bond donors (Lipinski definition) is 0. The average molecular weight is 543 g/mol. The molecule has 4 rings (SSSR count). The fourth-order valence-electron chi connectivity index (χ4n) is 3.47. The monoisotopic (exact) mass is 542 g/mol. The maximum atomic E-state index is 12.2. The molecule has 0 saturated carbocycles. The first-order valence-corrected chi connectivity index (χ1v) is 14.3. The van der Waals surface area contributed by atoms with Crippen LogP contribution in [0.3, 0.4) is 0 Å². The molecule has 2 aliphatic heterocycles. The Morgan fingerprint density at radius 3 is 2.05 bits per heavy atom. The van der Waals surface area contributed by atoms with Crippen LogP contribution in [0.4, 0.5) is 9.59 Å². The maximum absolute atomic E-state index is 12.2. The Balaban J connectivity index is 0.000000206. The number of nitriles is 2.